The van der Waals surface area contributed by atoms with Crippen LogP contribution in [-0.2, 0) is 4.79 Å². The van der Waals surface area contributed by atoms with Gasteiger partial charge in [-0.05, 0) is 37.5 Å². The average molecular weight is 417 g/mol. The van der Waals surface area contributed by atoms with Crippen LogP contribution in [0.15, 0.2) is 34.1 Å². The number of thiocarbonyl (C=S) groups is 1. The number of hydrogen-bond acceptors (Lipinski definition) is 6. The smallest absolute Gasteiger partial charge is 0.267 e. The molecule has 3 heterocycles. The van der Waals surface area contributed by atoms with Gasteiger partial charge >= 0.3 is 0 Å². The van der Waals surface area contributed by atoms with E-state index in [9.17, 15) is 9.59 Å². The standard InChI is InChI=1S/C20H24N4O2S2/c1-5-13(4)24-19(26)15(28-20(24)27)10-14-17(21-11-12(2)3)22-16-8-6-7-9-23(16)18(14)25/h6-10,12-13,21H,5,11H2,1-4H3/b15-10-. The van der Waals surface area contributed by atoms with Crippen molar-refractivity contribution in [2.24, 2.45) is 5.92 Å². The zero-order valence-corrected chi connectivity index (χ0v) is 18.1. The fourth-order valence-electron chi connectivity index (χ4n) is 2.84. The first kappa shape index (κ1) is 20.5. The molecule has 148 valence electrons. The minimum Gasteiger partial charge on any atom is -0.369 e. The van der Waals surface area contributed by atoms with Crippen LogP contribution in [0.25, 0.3) is 11.7 Å². The summed E-state index contributed by atoms with van der Waals surface area (Å²) >= 11 is 6.63. The molecule has 0 spiro atoms. The third kappa shape index (κ3) is 3.98. The van der Waals surface area contributed by atoms with Gasteiger partial charge < -0.3 is 5.32 Å². The number of aromatic nitrogens is 2. The molecule has 28 heavy (non-hydrogen) atoms. The summed E-state index contributed by atoms with van der Waals surface area (Å²) in [6, 6.07) is 5.43. The number of rotatable bonds is 6. The van der Waals surface area contributed by atoms with Crippen LogP contribution in [0.2, 0.25) is 0 Å². The lowest BCUT2D eigenvalue weighted by Crippen LogP contribution is -2.36. The molecule has 1 aliphatic heterocycles. The van der Waals surface area contributed by atoms with Crippen molar-refractivity contribution in [2.45, 2.75) is 40.2 Å². The van der Waals surface area contributed by atoms with Gasteiger partial charge in [-0.25, -0.2) is 4.98 Å². The van der Waals surface area contributed by atoms with E-state index in [2.05, 4.69) is 24.1 Å². The van der Waals surface area contributed by atoms with Crippen molar-refractivity contribution in [1.29, 1.82) is 0 Å². The van der Waals surface area contributed by atoms with Gasteiger partial charge in [0.25, 0.3) is 11.5 Å². The molecule has 0 saturated carbocycles. The first-order valence-electron chi connectivity index (χ1n) is 9.35. The summed E-state index contributed by atoms with van der Waals surface area (Å²) in [4.78, 5) is 32.7. The highest BCUT2D eigenvalue weighted by atomic mass is 32.2. The van der Waals surface area contributed by atoms with E-state index in [1.54, 1.807) is 29.3 Å². The normalized spacial score (nSPS) is 17.2. The summed E-state index contributed by atoms with van der Waals surface area (Å²) in [5, 5.41) is 3.25. The summed E-state index contributed by atoms with van der Waals surface area (Å²) < 4.78 is 2.01. The molecule has 1 unspecified atom stereocenters. The second-order valence-electron chi connectivity index (χ2n) is 7.19. The van der Waals surface area contributed by atoms with Gasteiger partial charge in [0.2, 0.25) is 0 Å². The Morgan fingerprint density at radius 1 is 1.29 bits per heavy atom. The van der Waals surface area contributed by atoms with E-state index in [1.807, 2.05) is 19.9 Å². The van der Waals surface area contributed by atoms with Gasteiger partial charge in [-0.15, -0.1) is 0 Å². The Bertz CT molecular complexity index is 1010. The molecule has 2 aromatic rings. The molecule has 1 amide bonds. The minimum absolute atomic E-state index is 0.0211. The third-order valence-electron chi connectivity index (χ3n) is 4.58. The number of carbonyl (C=O) groups is 1. The Kier molecular flexibility index (Phi) is 6.20. The van der Waals surface area contributed by atoms with Crippen LogP contribution < -0.4 is 10.9 Å². The monoisotopic (exact) mass is 416 g/mol. The van der Waals surface area contributed by atoms with E-state index >= 15 is 0 Å². The molecule has 3 rings (SSSR count). The minimum atomic E-state index is -0.217. The largest absolute Gasteiger partial charge is 0.369 e. The van der Waals surface area contributed by atoms with E-state index in [0.29, 0.717) is 38.7 Å². The highest BCUT2D eigenvalue weighted by Crippen LogP contribution is 2.34. The molecule has 1 atom stereocenters. The van der Waals surface area contributed by atoms with Crippen molar-refractivity contribution in [1.82, 2.24) is 14.3 Å². The number of hydrogen-bond donors (Lipinski definition) is 1. The van der Waals surface area contributed by atoms with Crippen LogP contribution in [0.4, 0.5) is 5.82 Å². The fraction of sp³-hybridized carbons (Fsp3) is 0.400. The van der Waals surface area contributed by atoms with Crippen molar-refractivity contribution in [3.63, 3.8) is 0 Å². The predicted molar refractivity (Wildman–Crippen MR) is 120 cm³/mol. The number of amides is 1. The van der Waals surface area contributed by atoms with Crippen LogP contribution >= 0.6 is 24.0 Å². The van der Waals surface area contributed by atoms with Crippen LogP contribution in [0.5, 0.6) is 0 Å². The molecular formula is C20H24N4O2S2. The van der Waals surface area contributed by atoms with Gasteiger partial charge in [0.15, 0.2) is 0 Å². The van der Waals surface area contributed by atoms with Gasteiger partial charge in [0, 0.05) is 18.8 Å². The van der Waals surface area contributed by atoms with Crippen LogP contribution in [0.1, 0.15) is 39.7 Å². The molecule has 0 aliphatic carbocycles. The first-order valence-corrected chi connectivity index (χ1v) is 10.6. The molecule has 0 radical (unpaired) electrons. The molecule has 1 fully saturated rings. The zero-order valence-electron chi connectivity index (χ0n) is 16.4. The Morgan fingerprint density at radius 2 is 2.04 bits per heavy atom. The third-order valence-corrected chi connectivity index (χ3v) is 5.91. The van der Waals surface area contributed by atoms with Gasteiger partial charge in [-0.2, -0.15) is 0 Å². The van der Waals surface area contributed by atoms with Gasteiger partial charge in [0.1, 0.15) is 15.8 Å². The Morgan fingerprint density at radius 3 is 2.71 bits per heavy atom. The van der Waals surface area contributed by atoms with E-state index in [-0.39, 0.29) is 17.5 Å². The highest BCUT2D eigenvalue weighted by Gasteiger charge is 2.35. The molecular weight excluding hydrogens is 392 g/mol. The molecule has 8 heteroatoms. The Labute approximate surface area is 174 Å². The summed E-state index contributed by atoms with van der Waals surface area (Å²) in [5.74, 6) is 0.711. The molecule has 0 bridgehead atoms. The SMILES string of the molecule is CCC(C)N1C(=O)/C(=C/c2c(NCC(C)C)nc3ccccn3c2=O)SC1=S. The van der Waals surface area contributed by atoms with E-state index in [0.717, 1.165) is 6.42 Å². The average Bonchev–Trinajstić information content (AvgIpc) is 2.95. The van der Waals surface area contributed by atoms with E-state index in [1.165, 1.54) is 16.2 Å². The molecule has 1 aliphatic rings. The van der Waals surface area contributed by atoms with Crippen molar-refractivity contribution < 1.29 is 4.79 Å². The number of pyridine rings is 1. The highest BCUT2D eigenvalue weighted by molar-refractivity contribution is 8.26. The second-order valence-corrected chi connectivity index (χ2v) is 8.87. The lowest BCUT2D eigenvalue weighted by Gasteiger charge is -2.21. The van der Waals surface area contributed by atoms with Crippen molar-refractivity contribution in [2.75, 3.05) is 11.9 Å². The molecule has 1 N–H and O–H groups in total. The fourth-order valence-corrected chi connectivity index (χ4v) is 4.29. The Hall–Kier alpha value is -2.19. The maximum absolute atomic E-state index is 13.1. The molecule has 0 aromatic carbocycles. The van der Waals surface area contributed by atoms with Crippen molar-refractivity contribution in [3.8, 4) is 0 Å². The lowest BCUT2D eigenvalue weighted by atomic mass is 10.2. The first-order chi connectivity index (χ1) is 13.3. The molecule has 1 saturated heterocycles. The van der Waals surface area contributed by atoms with Crippen LogP contribution in [0, 0.1) is 5.92 Å². The predicted octanol–water partition coefficient (Wildman–Crippen LogP) is 3.76. The van der Waals surface area contributed by atoms with Crippen molar-refractivity contribution >= 4 is 51.7 Å². The Balaban J connectivity index is 2.11. The van der Waals surface area contributed by atoms with E-state index in [4.69, 9.17) is 12.2 Å². The summed E-state index contributed by atoms with van der Waals surface area (Å²) in [5.41, 5.74) is 0.711. The number of anilines is 1. The number of thioether (sulfide) groups is 1. The number of carbonyl (C=O) groups excluding carboxylic acids is 1. The summed E-state index contributed by atoms with van der Waals surface area (Å²) in [6.07, 6.45) is 4.11. The molecule has 2 aromatic heterocycles. The van der Waals surface area contributed by atoms with Crippen molar-refractivity contribution in [3.05, 3.63) is 45.2 Å². The topological polar surface area (TPSA) is 66.7 Å². The molecule has 6 nitrogen and oxygen atoms in total. The number of nitrogens with one attached hydrogen (secondary N) is 1. The van der Waals surface area contributed by atoms with Crippen LogP contribution in [-0.4, -0.2) is 37.1 Å². The quantitative estimate of drug-likeness (QED) is 0.571. The van der Waals surface area contributed by atoms with Gasteiger partial charge in [-0.3, -0.25) is 18.9 Å². The summed E-state index contributed by atoms with van der Waals surface area (Å²) in [6.45, 7) is 8.82. The lowest BCUT2D eigenvalue weighted by molar-refractivity contribution is -0.123. The van der Waals surface area contributed by atoms with Gasteiger partial charge in [0.05, 0.1) is 10.5 Å². The van der Waals surface area contributed by atoms with Gasteiger partial charge in [-0.1, -0.05) is 50.8 Å². The second kappa shape index (κ2) is 8.45. The zero-order chi connectivity index (χ0) is 20.4. The summed E-state index contributed by atoms with van der Waals surface area (Å²) in [7, 11) is 0. The number of fused-ring (bicyclic) bond motifs is 1. The van der Waals surface area contributed by atoms with E-state index < -0.39 is 0 Å². The maximum atomic E-state index is 13.1. The van der Waals surface area contributed by atoms with Crippen LogP contribution in [0.3, 0.4) is 0 Å². The number of nitrogens with zero attached hydrogens (tertiary/aromatic N) is 3. The maximum Gasteiger partial charge on any atom is 0.267 e.